The minimum atomic E-state index is 0.722. The molecule has 0 unspecified atom stereocenters. The fourth-order valence-electron chi connectivity index (χ4n) is 7.79. The van der Waals surface area contributed by atoms with Crippen molar-refractivity contribution < 1.29 is 0 Å². The van der Waals surface area contributed by atoms with Gasteiger partial charge in [0.1, 0.15) is 0 Å². The van der Waals surface area contributed by atoms with Gasteiger partial charge in [0.05, 0.1) is 32.3 Å². The molecule has 0 fully saturated rings. The van der Waals surface area contributed by atoms with Gasteiger partial charge in [-0.2, -0.15) is 0 Å². The quantitative estimate of drug-likeness (QED) is 0.192. The van der Waals surface area contributed by atoms with Crippen molar-refractivity contribution in [2.75, 3.05) is 0 Å². The van der Waals surface area contributed by atoms with Gasteiger partial charge in [0.2, 0.25) is 0 Å². The van der Waals surface area contributed by atoms with Gasteiger partial charge in [-0.05, 0) is 59.3 Å². The summed E-state index contributed by atoms with van der Waals surface area (Å²) in [6.45, 7) is 0. The van der Waals surface area contributed by atoms with Crippen molar-refractivity contribution in [3.8, 4) is 22.9 Å². The molecule has 0 aliphatic heterocycles. The lowest BCUT2D eigenvalue weighted by molar-refractivity contribution is 1.08. The second-order valence-electron chi connectivity index (χ2n) is 12.6. The number of benzene rings is 7. The molecule has 4 heterocycles. The smallest absolute Gasteiger partial charge is 0.162 e. The largest absolute Gasteiger partial charge is 0.309 e. The zero-order chi connectivity index (χ0) is 32.1. The fourth-order valence-corrected chi connectivity index (χ4v) is 8.91. The highest BCUT2D eigenvalue weighted by atomic mass is 32.1. The summed E-state index contributed by atoms with van der Waals surface area (Å²) in [5.74, 6) is 1.63. The Morgan fingerprint density at radius 2 is 1.10 bits per heavy atom. The van der Waals surface area contributed by atoms with Gasteiger partial charge in [-0.3, -0.25) is 4.57 Å². The van der Waals surface area contributed by atoms with E-state index in [0.29, 0.717) is 0 Å². The van der Waals surface area contributed by atoms with E-state index in [-0.39, 0.29) is 0 Å². The Hall–Kier alpha value is -6.30. The monoisotopic (exact) mass is 642 g/mol. The number of rotatable bonds is 3. The fraction of sp³-hybridized carbons (Fsp3) is 0. The second kappa shape index (κ2) is 10.1. The molecule has 4 aromatic heterocycles. The summed E-state index contributed by atoms with van der Waals surface area (Å²) in [6.07, 6.45) is 0. The van der Waals surface area contributed by atoms with E-state index < -0.39 is 0 Å². The number of thiophene rings is 1. The lowest BCUT2D eigenvalue weighted by atomic mass is 10.1. The maximum Gasteiger partial charge on any atom is 0.162 e. The van der Waals surface area contributed by atoms with Crippen LogP contribution in [0.15, 0.2) is 158 Å². The first-order valence-electron chi connectivity index (χ1n) is 16.5. The molecule has 0 saturated carbocycles. The van der Waals surface area contributed by atoms with Gasteiger partial charge in [-0.15, -0.1) is 11.3 Å². The van der Waals surface area contributed by atoms with Crippen LogP contribution >= 0.6 is 11.3 Å². The predicted octanol–water partition coefficient (Wildman–Crippen LogP) is 11.9. The van der Waals surface area contributed by atoms with E-state index in [0.717, 1.165) is 65.9 Å². The Morgan fingerprint density at radius 1 is 0.449 bits per heavy atom. The first-order chi connectivity index (χ1) is 24.3. The molecule has 0 aliphatic rings. The normalized spacial score (nSPS) is 12.1. The van der Waals surface area contributed by atoms with E-state index in [1.165, 1.54) is 31.6 Å². The van der Waals surface area contributed by atoms with Crippen molar-refractivity contribution in [1.82, 2.24) is 19.1 Å². The van der Waals surface area contributed by atoms with Gasteiger partial charge in [0.15, 0.2) is 11.6 Å². The zero-order valence-corrected chi connectivity index (χ0v) is 27.0. The molecule has 0 radical (unpaired) electrons. The van der Waals surface area contributed by atoms with Crippen molar-refractivity contribution in [2.45, 2.75) is 0 Å². The minimum Gasteiger partial charge on any atom is -0.309 e. The topological polar surface area (TPSA) is 35.6 Å². The second-order valence-corrected chi connectivity index (χ2v) is 13.7. The predicted molar refractivity (Wildman–Crippen MR) is 207 cm³/mol. The number of hydrogen-bond donors (Lipinski definition) is 0. The summed E-state index contributed by atoms with van der Waals surface area (Å²) in [7, 11) is 0. The van der Waals surface area contributed by atoms with Gasteiger partial charge < -0.3 is 4.57 Å². The van der Waals surface area contributed by atoms with Crippen LogP contribution in [0.1, 0.15) is 0 Å². The Labute approximate surface area is 284 Å². The van der Waals surface area contributed by atoms with Crippen LogP contribution < -0.4 is 0 Å². The molecule has 7 aromatic carbocycles. The third kappa shape index (κ3) is 3.79. The summed E-state index contributed by atoms with van der Waals surface area (Å²) < 4.78 is 7.01. The molecule has 4 nitrogen and oxygen atoms in total. The summed E-state index contributed by atoms with van der Waals surface area (Å²) >= 11 is 1.77. The molecule has 0 atom stereocenters. The Balaban J connectivity index is 1.30. The third-order valence-corrected chi connectivity index (χ3v) is 11.1. The van der Waals surface area contributed by atoms with E-state index in [4.69, 9.17) is 9.97 Å². The third-order valence-electron chi connectivity index (χ3n) is 9.91. The number of hydrogen-bond acceptors (Lipinski definition) is 3. The number of fused-ring (bicyclic) bond motifs is 10. The van der Waals surface area contributed by atoms with Crippen LogP contribution in [0, 0.1) is 0 Å². The first-order valence-corrected chi connectivity index (χ1v) is 17.3. The first kappa shape index (κ1) is 26.7. The lowest BCUT2D eigenvalue weighted by Crippen LogP contribution is -2.01. The average Bonchev–Trinajstić information content (AvgIpc) is 3.81. The minimum absolute atomic E-state index is 0.722. The molecular weight excluding hydrogens is 617 g/mol. The van der Waals surface area contributed by atoms with E-state index in [2.05, 4.69) is 167 Å². The van der Waals surface area contributed by atoms with Crippen LogP contribution in [0.4, 0.5) is 0 Å². The SMILES string of the molecule is c1ccc(-n2c3ccccc3c3c(-c4nc(-n5c6ccccc6c6cc7ccccc7cc65)c5sc6ccccc6c5n4)cccc32)cc1. The average molecular weight is 643 g/mol. The molecule has 0 saturated heterocycles. The van der Waals surface area contributed by atoms with Crippen LogP contribution in [-0.4, -0.2) is 19.1 Å². The van der Waals surface area contributed by atoms with Crippen LogP contribution in [0.3, 0.4) is 0 Å². The molecule has 0 bridgehead atoms. The lowest BCUT2D eigenvalue weighted by Gasteiger charge is -2.12. The number of nitrogens with zero attached hydrogens (tertiary/aromatic N) is 4. The highest BCUT2D eigenvalue weighted by Crippen LogP contribution is 2.43. The van der Waals surface area contributed by atoms with Gasteiger partial charge >= 0.3 is 0 Å². The molecule has 228 valence electrons. The number of para-hydroxylation sites is 3. The summed E-state index contributed by atoms with van der Waals surface area (Å²) in [4.78, 5) is 11.0. The molecule has 0 amide bonds. The van der Waals surface area contributed by atoms with Crippen molar-refractivity contribution in [2.24, 2.45) is 0 Å². The van der Waals surface area contributed by atoms with Crippen molar-refractivity contribution in [1.29, 1.82) is 0 Å². The van der Waals surface area contributed by atoms with Gasteiger partial charge in [-0.1, -0.05) is 109 Å². The molecule has 0 spiro atoms. The van der Waals surface area contributed by atoms with Crippen molar-refractivity contribution >= 4 is 86.0 Å². The molecule has 11 aromatic rings. The molecule has 5 heteroatoms. The van der Waals surface area contributed by atoms with E-state index >= 15 is 0 Å². The van der Waals surface area contributed by atoms with Gasteiger partial charge in [0, 0.05) is 42.9 Å². The van der Waals surface area contributed by atoms with Crippen LogP contribution in [0.2, 0.25) is 0 Å². The zero-order valence-electron chi connectivity index (χ0n) is 26.2. The maximum absolute atomic E-state index is 5.58. The van der Waals surface area contributed by atoms with Gasteiger partial charge in [0.25, 0.3) is 0 Å². The number of aromatic nitrogens is 4. The Kier molecular flexibility index (Phi) is 5.51. The molecule has 49 heavy (non-hydrogen) atoms. The van der Waals surface area contributed by atoms with Crippen LogP contribution in [0.25, 0.3) is 97.6 Å². The Morgan fingerprint density at radius 3 is 1.94 bits per heavy atom. The van der Waals surface area contributed by atoms with Crippen LogP contribution in [0.5, 0.6) is 0 Å². The summed E-state index contributed by atoms with van der Waals surface area (Å²) in [5.41, 5.74) is 7.70. The van der Waals surface area contributed by atoms with Crippen molar-refractivity contribution in [3.05, 3.63) is 158 Å². The molecule has 11 rings (SSSR count). The van der Waals surface area contributed by atoms with Gasteiger partial charge in [-0.25, -0.2) is 9.97 Å². The summed E-state index contributed by atoms with van der Waals surface area (Å²) in [6, 6.07) is 56.4. The summed E-state index contributed by atoms with van der Waals surface area (Å²) in [5, 5.41) is 8.36. The molecule has 0 N–H and O–H groups in total. The van der Waals surface area contributed by atoms with Crippen LogP contribution in [-0.2, 0) is 0 Å². The standard InChI is InChI=1S/C44H26N4S/c1-2-15-29(16-3-1)47-36-22-10-7-18-31(36)40-33(20-12-23-37(40)47)43-45-41-32-19-8-11-24-39(32)49-42(41)44(46-43)48-35-21-9-6-17-30(35)34-25-27-13-4-5-14-28(27)26-38(34)48/h1-26H. The Bertz CT molecular complexity index is 3110. The van der Waals surface area contributed by atoms with E-state index in [1.807, 2.05) is 0 Å². The van der Waals surface area contributed by atoms with E-state index in [1.54, 1.807) is 11.3 Å². The highest BCUT2D eigenvalue weighted by molar-refractivity contribution is 7.26. The van der Waals surface area contributed by atoms with Crippen molar-refractivity contribution in [3.63, 3.8) is 0 Å². The molecule has 0 aliphatic carbocycles. The maximum atomic E-state index is 5.58. The highest BCUT2D eigenvalue weighted by Gasteiger charge is 2.23. The molecular formula is C44H26N4S. The van der Waals surface area contributed by atoms with E-state index in [9.17, 15) is 0 Å².